The van der Waals surface area contributed by atoms with Gasteiger partial charge in [-0.1, -0.05) is 17.3 Å². The minimum absolute atomic E-state index is 0.0604. The molecule has 1 fully saturated rings. The number of terminal acetylenes is 1. The Morgan fingerprint density at radius 2 is 2.19 bits per heavy atom. The van der Waals surface area contributed by atoms with E-state index in [9.17, 15) is 22.0 Å². The number of benzene rings is 1. The second kappa shape index (κ2) is 6.90. The van der Waals surface area contributed by atoms with Crippen molar-refractivity contribution >= 4 is 37.5 Å². The van der Waals surface area contributed by atoms with Crippen LogP contribution < -0.4 is 4.80 Å². The lowest BCUT2D eigenvalue weighted by Gasteiger charge is -2.18. The lowest BCUT2D eigenvalue weighted by molar-refractivity contribution is -0.121. The molecule has 26 heavy (non-hydrogen) atoms. The van der Waals surface area contributed by atoms with E-state index >= 15 is 0 Å². The number of hydrogen-bond acceptors (Lipinski definition) is 4. The summed E-state index contributed by atoms with van der Waals surface area (Å²) in [6, 6.07) is 0.977. The van der Waals surface area contributed by atoms with Crippen LogP contribution in [0.1, 0.15) is 12.8 Å². The molecule has 1 aliphatic heterocycles. The molecular formula is C16H15F2N3O3S2. The summed E-state index contributed by atoms with van der Waals surface area (Å²) in [6.07, 6.45) is 7.26. The van der Waals surface area contributed by atoms with E-state index in [1.165, 1.54) is 4.57 Å². The number of fused-ring (bicyclic) bond motifs is 1. The largest absolute Gasteiger partial charge is 0.302 e. The maximum Gasteiger partial charge on any atom is 0.266 e. The number of carbonyl (C=O) groups excluding carboxylic acids is 1. The number of hydrogen-bond donors (Lipinski definition) is 0. The predicted octanol–water partition coefficient (Wildman–Crippen LogP) is 1.47. The van der Waals surface area contributed by atoms with Gasteiger partial charge in [0.05, 0.1) is 23.0 Å². The molecule has 6 nitrogen and oxygen atoms in total. The van der Waals surface area contributed by atoms with Gasteiger partial charge in [-0.2, -0.15) is 9.30 Å². The number of halogens is 2. The highest BCUT2D eigenvalue weighted by Gasteiger charge is 2.36. The number of rotatable bonds is 3. The average Bonchev–Trinajstić information content (AvgIpc) is 3.13. The van der Waals surface area contributed by atoms with Crippen molar-refractivity contribution in [1.82, 2.24) is 8.87 Å². The number of carbonyl (C=O) groups is 1. The molecule has 0 radical (unpaired) electrons. The molecule has 10 heteroatoms. The Hall–Kier alpha value is -2.09. The van der Waals surface area contributed by atoms with Crippen molar-refractivity contribution in [2.24, 2.45) is 4.99 Å². The maximum atomic E-state index is 14.2. The summed E-state index contributed by atoms with van der Waals surface area (Å²) in [5.74, 6) is 0.149. The van der Waals surface area contributed by atoms with E-state index in [4.69, 9.17) is 6.42 Å². The van der Waals surface area contributed by atoms with Crippen molar-refractivity contribution in [2.45, 2.75) is 25.4 Å². The van der Waals surface area contributed by atoms with Gasteiger partial charge in [0, 0.05) is 12.6 Å². The quantitative estimate of drug-likeness (QED) is 0.734. The summed E-state index contributed by atoms with van der Waals surface area (Å²) in [5, 5.41) is 0. The zero-order valence-electron chi connectivity index (χ0n) is 13.8. The summed E-state index contributed by atoms with van der Waals surface area (Å²) in [6.45, 7) is 0.191. The molecule has 1 aromatic carbocycles. The molecule has 2 heterocycles. The van der Waals surface area contributed by atoms with Gasteiger partial charge in [0.2, 0.25) is 10.0 Å². The van der Waals surface area contributed by atoms with Gasteiger partial charge in [-0.25, -0.2) is 17.2 Å². The normalized spacial score (nSPS) is 19.2. The Morgan fingerprint density at radius 3 is 2.85 bits per heavy atom. The first-order chi connectivity index (χ1) is 12.2. The van der Waals surface area contributed by atoms with Crippen molar-refractivity contribution in [3.05, 3.63) is 28.6 Å². The Bertz CT molecular complexity index is 1100. The molecule has 0 saturated carbocycles. The van der Waals surface area contributed by atoms with E-state index in [0.717, 1.165) is 34.0 Å². The SMILES string of the molecule is C#CCn1c(=NC(=O)[C@H]2CCCN2S(C)(=O)=O)sc2cc(F)cc(F)c21. The van der Waals surface area contributed by atoms with Gasteiger partial charge in [0.1, 0.15) is 11.9 Å². The molecule has 138 valence electrons. The third-order valence-electron chi connectivity index (χ3n) is 4.07. The Labute approximate surface area is 152 Å². The predicted molar refractivity (Wildman–Crippen MR) is 93.7 cm³/mol. The van der Waals surface area contributed by atoms with E-state index in [2.05, 4.69) is 10.9 Å². The molecule has 0 bridgehead atoms. The highest BCUT2D eigenvalue weighted by atomic mass is 32.2. The molecule has 0 unspecified atom stereocenters. The first kappa shape index (κ1) is 18.7. The second-order valence-corrected chi connectivity index (χ2v) is 8.84. The number of amides is 1. The van der Waals surface area contributed by atoms with Crippen LogP contribution in [0.2, 0.25) is 0 Å². The van der Waals surface area contributed by atoms with E-state index in [1.807, 2.05) is 0 Å². The second-order valence-electron chi connectivity index (χ2n) is 5.89. The first-order valence-corrected chi connectivity index (χ1v) is 10.4. The third-order valence-corrected chi connectivity index (χ3v) is 6.38. The smallest absolute Gasteiger partial charge is 0.266 e. The summed E-state index contributed by atoms with van der Waals surface area (Å²) < 4.78 is 53.9. The molecule has 1 aromatic heterocycles. The van der Waals surface area contributed by atoms with Gasteiger partial charge in [-0.3, -0.25) is 4.79 Å². The molecule has 0 N–H and O–H groups in total. The van der Waals surface area contributed by atoms with Crippen molar-refractivity contribution in [3.8, 4) is 12.3 Å². The number of nitrogens with zero attached hydrogens (tertiary/aromatic N) is 3. The monoisotopic (exact) mass is 399 g/mol. The fourth-order valence-corrected chi connectivity index (χ4v) is 5.20. The summed E-state index contributed by atoms with van der Waals surface area (Å²) in [4.78, 5) is 16.6. The van der Waals surface area contributed by atoms with Crippen LogP contribution >= 0.6 is 11.3 Å². The highest BCUT2D eigenvalue weighted by Crippen LogP contribution is 2.24. The average molecular weight is 399 g/mol. The maximum absolute atomic E-state index is 14.2. The highest BCUT2D eigenvalue weighted by molar-refractivity contribution is 7.88. The van der Waals surface area contributed by atoms with Crippen LogP contribution in [0.15, 0.2) is 17.1 Å². The number of thiazole rings is 1. The zero-order chi connectivity index (χ0) is 19.1. The van der Waals surface area contributed by atoms with E-state index in [-0.39, 0.29) is 28.1 Å². The van der Waals surface area contributed by atoms with Crippen molar-refractivity contribution in [3.63, 3.8) is 0 Å². The topological polar surface area (TPSA) is 71.7 Å². The Morgan fingerprint density at radius 1 is 1.46 bits per heavy atom. The van der Waals surface area contributed by atoms with Crippen molar-refractivity contribution in [2.75, 3.05) is 12.8 Å². The minimum Gasteiger partial charge on any atom is -0.302 e. The first-order valence-electron chi connectivity index (χ1n) is 7.69. The van der Waals surface area contributed by atoms with Crippen LogP contribution in [0.5, 0.6) is 0 Å². The fourth-order valence-electron chi connectivity index (χ4n) is 3.01. The van der Waals surface area contributed by atoms with Gasteiger partial charge < -0.3 is 4.57 Å². The molecule has 1 amide bonds. The number of sulfonamides is 1. The Kier molecular flexibility index (Phi) is 4.96. The van der Waals surface area contributed by atoms with Crippen LogP contribution in [0.3, 0.4) is 0 Å². The summed E-state index contributed by atoms with van der Waals surface area (Å²) in [7, 11) is -3.54. The molecule has 0 spiro atoms. The molecule has 1 atom stereocenters. The summed E-state index contributed by atoms with van der Waals surface area (Å²) >= 11 is 0.920. The van der Waals surface area contributed by atoms with Crippen LogP contribution in [-0.4, -0.2) is 42.0 Å². The van der Waals surface area contributed by atoms with Crippen LogP contribution in [0.4, 0.5) is 8.78 Å². The van der Waals surface area contributed by atoms with Crippen molar-refractivity contribution in [1.29, 1.82) is 0 Å². The van der Waals surface area contributed by atoms with Crippen LogP contribution in [0.25, 0.3) is 10.2 Å². The van der Waals surface area contributed by atoms with E-state index in [1.54, 1.807) is 0 Å². The molecule has 1 aliphatic rings. The molecule has 1 saturated heterocycles. The van der Waals surface area contributed by atoms with Crippen LogP contribution in [0, 0.1) is 24.0 Å². The van der Waals surface area contributed by atoms with E-state index < -0.39 is 33.6 Å². The minimum atomic E-state index is -3.54. The molecular weight excluding hydrogens is 384 g/mol. The van der Waals surface area contributed by atoms with Crippen molar-refractivity contribution < 1.29 is 22.0 Å². The van der Waals surface area contributed by atoms with E-state index in [0.29, 0.717) is 12.8 Å². The molecule has 0 aliphatic carbocycles. The standard InChI is InChI=1S/C16H15F2N3O3S2/c1-3-6-20-14-11(18)8-10(17)9-13(14)25-16(20)19-15(22)12-5-4-7-21(12)26(2,23)24/h1,8-9,12H,4-7H2,2H3/t12-/m1/s1. The van der Waals surface area contributed by atoms with Gasteiger partial charge in [0.25, 0.3) is 5.91 Å². The lowest BCUT2D eigenvalue weighted by Crippen LogP contribution is -2.39. The molecule has 2 aromatic rings. The molecule has 3 rings (SSSR count). The van der Waals surface area contributed by atoms with Gasteiger partial charge >= 0.3 is 0 Å². The van der Waals surface area contributed by atoms with Gasteiger partial charge in [-0.15, -0.1) is 6.42 Å². The summed E-state index contributed by atoms with van der Waals surface area (Å²) in [5.41, 5.74) is 0.0623. The number of aromatic nitrogens is 1. The van der Waals surface area contributed by atoms with Gasteiger partial charge in [0.15, 0.2) is 10.6 Å². The third kappa shape index (κ3) is 3.42. The zero-order valence-corrected chi connectivity index (χ0v) is 15.4. The Balaban J connectivity index is 2.12. The van der Waals surface area contributed by atoms with Crippen LogP contribution in [-0.2, 0) is 21.4 Å². The fraction of sp³-hybridized carbons (Fsp3) is 0.375. The van der Waals surface area contributed by atoms with Gasteiger partial charge in [-0.05, 0) is 18.9 Å². The lowest BCUT2D eigenvalue weighted by atomic mass is 10.2.